The van der Waals surface area contributed by atoms with Gasteiger partial charge in [0.15, 0.2) is 4.77 Å². The zero-order chi connectivity index (χ0) is 12.7. The van der Waals surface area contributed by atoms with Crippen LogP contribution < -0.4 is 0 Å². The van der Waals surface area contributed by atoms with Gasteiger partial charge in [0.25, 0.3) is 0 Å². The van der Waals surface area contributed by atoms with Crippen molar-refractivity contribution in [2.45, 2.75) is 32.2 Å². The SMILES string of the molecule is Fc1cc2c(cc1I)[nH]c(=S)n2CCC1CCC1. The van der Waals surface area contributed by atoms with Gasteiger partial charge in [-0.3, -0.25) is 0 Å². The van der Waals surface area contributed by atoms with Crippen LogP contribution >= 0.6 is 34.8 Å². The third-order valence-electron chi connectivity index (χ3n) is 3.80. The minimum Gasteiger partial charge on any atom is -0.331 e. The van der Waals surface area contributed by atoms with Crippen molar-refractivity contribution in [2.75, 3.05) is 0 Å². The minimum atomic E-state index is -0.172. The van der Waals surface area contributed by atoms with Crippen molar-refractivity contribution in [1.29, 1.82) is 0 Å². The van der Waals surface area contributed by atoms with Gasteiger partial charge < -0.3 is 9.55 Å². The van der Waals surface area contributed by atoms with Gasteiger partial charge in [-0.05, 0) is 53.2 Å². The highest BCUT2D eigenvalue weighted by molar-refractivity contribution is 14.1. The summed E-state index contributed by atoms with van der Waals surface area (Å²) in [7, 11) is 0. The van der Waals surface area contributed by atoms with E-state index < -0.39 is 0 Å². The molecule has 1 heterocycles. The van der Waals surface area contributed by atoms with Crippen LogP contribution in [0.3, 0.4) is 0 Å². The van der Waals surface area contributed by atoms with E-state index in [2.05, 4.69) is 4.98 Å². The third kappa shape index (κ3) is 2.22. The van der Waals surface area contributed by atoms with E-state index in [4.69, 9.17) is 12.2 Å². The van der Waals surface area contributed by atoms with E-state index in [1.807, 2.05) is 33.2 Å². The summed E-state index contributed by atoms with van der Waals surface area (Å²) in [6.07, 6.45) is 5.18. The summed E-state index contributed by atoms with van der Waals surface area (Å²) in [5, 5.41) is 0. The first-order valence-corrected chi connectivity index (χ1v) is 7.71. The quantitative estimate of drug-likeness (QED) is 0.612. The molecule has 1 aromatic heterocycles. The van der Waals surface area contributed by atoms with Gasteiger partial charge in [-0.15, -0.1) is 0 Å². The zero-order valence-corrected chi connectivity index (χ0v) is 12.9. The second-order valence-corrected chi connectivity index (χ2v) is 6.50. The van der Waals surface area contributed by atoms with Crippen LogP contribution in [0, 0.1) is 20.1 Å². The maximum absolute atomic E-state index is 13.6. The number of hydrogen-bond acceptors (Lipinski definition) is 1. The number of imidazole rings is 1. The van der Waals surface area contributed by atoms with Gasteiger partial charge in [0.1, 0.15) is 5.82 Å². The van der Waals surface area contributed by atoms with Crippen LogP contribution in [0.5, 0.6) is 0 Å². The summed E-state index contributed by atoms with van der Waals surface area (Å²) in [4.78, 5) is 3.16. The molecule has 0 unspecified atom stereocenters. The Morgan fingerprint density at radius 1 is 1.44 bits per heavy atom. The molecule has 0 amide bonds. The van der Waals surface area contributed by atoms with Crippen molar-refractivity contribution in [2.24, 2.45) is 5.92 Å². The zero-order valence-electron chi connectivity index (χ0n) is 9.88. The van der Waals surface area contributed by atoms with E-state index in [9.17, 15) is 4.39 Å². The summed E-state index contributed by atoms with van der Waals surface area (Å²) < 4.78 is 17.0. The van der Waals surface area contributed by atoms with Crippen molar-refractivity contribution in [3.05, 3.63) is 26.3 Å². The highest BCUT2D eigenvalue weighted by atomic mass is 127. The van der Waals surface area contributed by atoms with Gasteiger partial charge in [-0.25, -0.2) is 4.39 Å². The second-order valence-electron chi connectivity index (χ2n) is 4.95. The van der Waals surface area contributed by atoms with E-state index in [-0.39, 0.29) is 5.82 Å². The molecule has 2 nitrogen and oxygen atoms in total. The number of fused-ring (bicyclic) bond motifs is 1. The normalized spacial score (nSPS) is 16.1. The number of benzene rings is 1. The number of aromatic nitrogens is 2. The smallest absolute Gasteiger partial charge is 0.178 e. The fraction of sp³-hybridized carbons (Fsp3) is 0.462. The molecule has 96 valence electrons. The maximum atomic E-state index is 13.6. The van der Waals surface area contributed by atoms with Crippen molar-refractivity contribution >= 4 is 45.8 Å². The number of nitrogens with one attached hydrogen (secondary N) is 1. The van der Waals surface area contributed by atoms with Crippen molar-refractivity contribution in [1.82, 2.24) is 9.55 Å². The first-order valence-electron chi connectivity index (χ1n) is 6.22. The Balaban J connectivity index is 1.96. The van der Waals surface area contributed by atoms with Crippen molar-refractivity contribution in [3.8, 4) is 0 Å². The monoisotopic (exact) mass is 376 g/mol. The molecule has 1 aliphatic rings. The topological polar surface area (TPSA) is 20.7 Å². The first kappa shape index (κ1) is 12.6. The first-order chi connectivity index (χ1) is 8.65. The van der Waals surface area contributed by atoms with Gasteiger partial charge >= 0.3 is 0 Å². The van der Waals surface area contributed by atoms with Gasteiger partial charge in [-0.1, -0.05) is 19.3 Å². The van der Waals surface area contributed by atoms with Crippen molar-refractivity contribution < 1.29 is 4.39 Å². The van der Waals surface area contributed by atoms with Crippen LogP contribution in [0.25, 0.3) is 11.0 Å². The Hall–Kier alpha value is -0.430. The molecule has 1 aliphatic carbocycles. The number of halogens is 2. The summed E-state index contributed by atoms with van der Waals surface area (Å²) in [5.74, 6) is 0.667. The molecule has 2 aromatic rings. The molecule has 1 fully saturated rings. The summed E-state index contributed by atoms with van der Waals surface area (Å²) >= 11 is 7.33. The van der Waals surface area contributed by atoms with E-state index in [0.717, 1.165) is 29.9 Å². The number of hydrogen-bond donors (Lipinski definition) is 1. The van der Waals surface area contributed by atoms with Crippen LogP contribution in [0.15, 0.2) is 12.1 Å². The van der Waals surface area contributed by atoms with Crippen LogP contribution in [0.1, 0.15) is 25.7 Å². The Morgan fingerprint density at radius 2 is 2.22 bits per heavy atom. The van der Waals surface area contributed by atoms with E-state index >= 15 is 0 Å². The van der Waals surface area contributed by atoms with Crippen molar-refractivity contribution in [3.63, 3.8) is 0 Å². The summed E-state index contributed by atoms with van der Waals surface area (Å²) in [5.41, 5.74) is 1.82. The maximum Gasteiger partial charge on any atom is 0.178 e. The highest BCUT2D eigenvalue weighted by Crippen LogP contribution is 2.30. The Labute approximate surface area is 124 Å². The second kappa shape index (κ2) is 4.92. The molecular formula is C13H14FIN2S. The fourth-order valence-electron chi connectivity index (χ4n) is 2.47. The molecule has 1 aromatic carbocycles. The molecule has 0 bridgehead atoms. The van der Waals surface area contributed by atoms with E-state index in [0.29, 0.717) is 8.34 Å². The largest absolute Gasteiger partial charge is 0.331 e. The van der Waals surface area contributed by atoms with Crippen LogP contribution in [0.2, 0.25) is 0 Å². The van der Waals surface area contributed by atoms with Crippen LogP contribution in [-0.2, 0) is 6.54 Å². The standard InChI is InChI=1S/C13H14FIN2S/c14-9-6-12-11(7-10(9)15)16-13(18)17(12)5-4-8-2-1-3-8/h6-8H,1-5H2,(H,16,18). The molecule has 3 rings (SSSR count). The average molecular weight is 376 g/mol. The summed E-state index contributed by atoms with van der Waals surface area (Å²) in [6, 6.07) is 3.41. The molecule has 0 radical (unpaired) electrons. The number of nitrogens with zero attached hydrogens (tertiary/aromatic N) is 1. The molecular weight excluding hydrogens is 362 g/mol. The van der Waals surface area contributed by atoms with Gasteiger partial charge in [0.05, 0.1) is 14.6 Å². The van der Waals surface area contributed by atoms with E-state index in [1.54, 1.807) is 6.07 Å². The lowest BCUT2D eigenvalue weighted by Gasteiger charge is -2.25. The van der Waals surface area contributed by atoms with Gasteiger partial charge in [0, 0.05) is 12.6 Å². The molecule has 1 saturated carbocycles. The van der Waals surface area contributed by atoms with Gasteiger partial charge in [0.2, 0.25) is 0 Å². The Bertz CT molecular complexity index is 642. The Kier molecular flexibility index (Phi) is 3.44. The van der Waals surface area contributed by atoms with E-state index in [1.165, 1.54) is 19.3 Å². The highest BCUT2D eigenvalue weighted by Gasteiger charge is 2.18. The molecule has 5 heteroatoms. The van der Waals surface area contributed by atoms with Crippen LogP contribution in [-0.4, -0.2) is 9.55 Å². The summed E-state index contributed by atoms with van der Waals surface area (Å²) in [6.45, 7) is 0.892. The predicted molar refractivity (Wildman–Crippen MR) is 81.8 cm³/mol. The lowest BCUT2D eigenvalue weighted by Crippen LogP contribution is -2.13. The molecule has 0 saturated heterocycles. The lowest BCUT2D eigenvalue weighted by atomic mass is 9.83. The average Bonchev–Trinajstić information content (AvgIpc) is 2.54. The number of H-pyrrole nitrogens is 1. The van der Waals surface area contributed by atoms with Gasteiger partial charge in [-0.2, -0.15) is 0 Å². The molecule has 18 heavy (non-hydrogen) atoms. The van der Waals surface area contributed by atoms with Crippen LogP contribution in [0.4, 0.5) is 4.39 Å². The lowest BCUT2D eigenvalue weighted by molar-refractivity contribution is 0.283. The third-order valence-corrected chi connectivity index (χ3v) is 4.95. The fourth-order valence-corrected chi connectivity index (χ4v) is 3.23. The number of aryl methyl sites for hydroxylation is 1. The molecule has 0 atom stereocenters. The number of rotatable bonds is 3. The molecule has 0 aliphatic heterocycles. The minimum absolute atomic E-state index is 0.172. The number of aromatic amines is 1. The molecule has 1 N–H and O–H groups in total. The predicted octanol–water partition coefficient (Wildman–Crippen LogP) is 4.63. The molecule has 0 spiro atoms. The Morgan fingerprint density at radius 3 is 2.89 bits per heavy atom.